The van der Waals surface area contributed by atoms with Gasteiger partial charge in [0, 0.05) is 12.3 Å². The zero-order chi connectivity index (χ0) is 19.8. The van der Waals surface area contributed by atoms with Gasteiger partial charge < -0.3 is 19.7 Å². The molecule has 0 aromatic heterocycles. The molecule has 1 atom stereocenters. The molecule has 0 unspecified atom stereocenters. The smallest absolute Gasteiger partial charge is 0.240 e. The summed E-state index contributed by atoms with van der Waals surface area (Å²) in [7, 11) is 0. The lowest BCUT2D eigenvalue weighted by Gasteiger charge is -2.24. The Morgan fingerprint density at radius 1 is 1.17 bits per heavy atom. The maximum absolute atomic E-state index is 13.2. The monoisotopic (exact) mass is 391 g/mol. The second-order valence-electron chi connectivity index (χ2n) is 7.43. The van der Waals surface area contributed by atoms with Crippen molar-refractivity contribution in [1.29, 1.82) is 0 Å². The number of carbonyl (C=O) groups excluding carboxylic acids is 2. The van der Waals surface area contributed by atoms with Gasteiger partial charge >= 0.3 is 0 Å². The summed E-state index contributed by atoms with van der Waals surface area (Å²) in [5.41, 5.74) is 3.29. The molecule has 0 bridgehead atoms. The molecule has 7 nitrogen and oxygen atoms in total. The highest BCUT2D eigenvalue weighted by Crippen LogP contribution is 2.37. The number of hydrogen-bond donors (Lipinski definition) is 1. The summed E-state index contributed by atoms with van der Waals surface area (Å²) in [4.78, 5) is 32.2. The quantitative estimate of drug-likeness (QED) is 0.869. The van der Waals surface area contributed by atoms with Gasteiger partial charge in [-0.25, -0.2) is 0 Å². The van der Waals surface area contributed by atoms with Crippen molar-refractivity contribution < 1.29 is 19.1 Å². The Kier molecular flexibility index (Phi) is 4.42. The number of benzene rings is 2. The van der Waals surface area contributed by atoms with E-state index in [0.717, 1.165) is 36.2 Å². The molecule has 2 amide bonds. The van der Waals surface area contributed by atoms with Crippen LogP contribution in [-0.4, -0.2) is 30.9 Å². The molecule has 1 aliphatic carbocycles. The molecule has 0 radical (unpaired) electrons. The van der Waals surface area contributed by atoms with Gasteiger partial charge in [-0.2, -0.15) is 0 Å². The molecule has 2 heterocycles. The van der Waals surface area contributed by atoms with E-state index in [1.54, 1.807) is 4.90 Å². The van der Waals surface area contributed by atoms with Crippen molar-refractivity contribution in [2.24, 2.45) is 10.9 Å². The van der Waals surface area contributed by atoms with Gasteiger partial charge in [0.1, 0.15) is 6.54 Å². The van der Waals surface area contributed by atoms with E-state index < -0.39 is 0 Å². The van der Waals surface area contributed by atoms with Crippen LogP contribution in [0.1, 0.15) is 24.8 Å². The Morgan fingerprint density at radius 3 is 2.97 bits per heavy atom. The molecule has 29 heavy (non-hydrogen) atoms. The van der Waals surface area contributed by atoms with E-state index >= 15 is 0 Å². The van der Waals surface area contributed by atoms with Gasteiger partial charge in [-0.3, -0.25) is 14.6 Å². The molecule has 148 valence electrons. The van der Waals surface area contributed by atoms with E-state index in [1.165, 1.54) is 0 Å². The second-order valence-corrected chi connectivity index (χ2v) is 7.43. The van der Waals surface area contributed by atoms with Crippen LogP contribution in [0.5, 0.6) is 11.5 Å². The molecule has 5 rings (SSSR count). The van der Waals surface area contributed by atoms with Gasteiger partial charge in [0.15, 0.2) is 11.5 Å². The van der Waals surface area contributed by atoms with Gasteiger partial charge in [0.2, 0.25) is 18.6 Å². The molecular weight excluding hydrogens is 370 g/mol. The first-order valence-electron chi connectivity index (χ1n) is 9.82. The van der Waals surface area contributed by atoms with E-state index in [-0.39, 0.29) is 31.1 Å². The van der Waals surface area contributed by atoms with E-state index in [4.69, 9.17) is 14.5 Å². The fraction of sp³-hybridized carbons (Fsp3) is 0.318. The highest BCUT2D eigenvalue weighted by Gasteiger charge is 2.37. The minimum Gasteiger partial charge on any atom is -0.454 e. The predicted molar refractivity (Wildman–Crippen MR) is 108 cm³/mol. The van der Waals surface area contributed by atoms with Gasteiger partial charge in [-0.1, -0.05) is 18.2 Å². The maximum Gasteiger partial charge on any atom is 0.240 e. The van der Waals surface area contributed by atoms with Crippen molar-refractivity contribution in [3.05, 3.63) is 48.0 Å². The fourth-order valence-corrected chi connectivity index (χ4v) is 4.09. The number of para-hydroxylation sites is 2. The van der Waals surface area contributed by atoms with Crippen LogP contribution in [0.3, 0.4) is 0 Å². The number of aliphatic imine (C=N–C) groups is 1. The summed E-state index contributed by atoms with van der Waals surface area (Å²) in [5, 5.41) is 2.90. The first-order chi connectivity index (χ1) is 14.2. The molecule has 0 spiro atoms. The Bertz CT molecular complexity index is 1020. The van der Waals surface area contributed by atoms with E-state index in [2.05, 4.69) is 5.32 Å². The lowest BCUT2D eigenvalue weighted by molar-refractivity contribution is -0.124. The van der Waals surface area contributed by atoms with Gasteiger partial charge in [-0.15, -0.1) is 0 Å². The minimum atomic E-state index is -0.218. The van der Waals surface area contributed by atoms with Crippen LogP contribution in [0.4, 0.5) is 11.4 Å². The molecule has 2 aromatic rings. The van der Waals surface area contributed by atoms with Crippen LogP contribution >= 0.6 is 0 Å². The molecule has 2 aliphatic heterocycles. The third-order valence-corrected chi connectivity index (χ3v) is 5.56. The number of ether oxygens (including phenoxy) is 2. The first kappa shape index (κ1) is 17.7. The average molecular weight is 391 g/mol. The third-order valence-electron chi connectivity index (χ3n) is 5.56. The Morgan fingerprint density at radius 2 is 2.03 bits per heavy atom. The van der Waals surface area contributed by atoms with Crippen LogP contribution in [0, 0.1) is 5.92 Å². The average Bonchev–Trinajstić information content (AvgIpc) is 3.37. The van der Waals surface area contributed by atoms with Crippen LogP contribution < -0.4 is 19.7 Å². The Hall–Kier alpha value is -3.35. The van der Waals surface area contributed by atoms with Crippen molar-refractivity contribution in [2.75, 3.05) is 18.2 Å². The molecule has 3 aliphatic rings. The number of anilines is 1. The van der Waals surface area contributed by atoms with Crippen molar-refractivity contribution in [1.82, 2.24) is 5.32 Å². The lowest BCUT2D eigenvalue weighted by Crippen LogP contribution is -2.43. The van der Waals surface area contributed by atoms with Crippen LogP contribution in [0.25, 0.3) is 0 Å². The van der Waals surface area contributed by atoms with Crippen LogP contribution in [0.2, 0.25) is 0 Å². The molecule has 7 heteroatoms. The molecule has 2 aromatic carbocycles. The number of hydrogen-bond acceptors (Lipinski definition) is 5. The Labute approximate surface area is 168 Å². The Balaban J connectivity index is 1.31. The van der Waals surface area contributed by atoms with Gasteiger partial charge in [0.25, 0.3) is 0 Å². The van der Waals surface area contributed by atoms with Crippen molar-refractivity contribution in [3.8, 4) is 11.5 Å². The molecular formula is C22H21N3O4. The molecule has 1 N–H and O–H groups in total. The number of amides is 2. The summed E-state index contributed by atoms with van der Waals surface area (Å²) in [5.74, 6) is 0.916. The van der Waals surface area contributed by atoms with Crippen LogP contribution in [0.15, 0.2) is 47.5 Å². The van der Waals surface area contributed by atoms with Crippen molar-refractivity contribution in [2.45, 2.75) is 25.8 Å². The van der Waals surface area contributed by atoms with E-state index in [1.807, 2.05) is 42.5 Å². The lowest BCUT2D eigenvalue weighted by atomic mass is 10.1. The minimum absolute atomic E-state index is 0.0281. The standard InChI is InChI=1S/C22H21N3O4/c26-21(23-11-14-8-9-19-20(10-14)29-13-28-19)12-25-18-7-2-1-5-17(18)24-16-6-3-4-15(16)22(25)27/h1-2,5,7-10,15H,3-4,6,11-13H2,(H,23,26)/t15-/m0/s1. The summed E-state index contributed by atoms with van der Waals surface area (Å²) < 4.78 is 10.7. The topological polar surface area (TPSA) is 80.2 Å². The number of fused-ring (bicyclic) bond motifs is 3. The van der Waals surface area contributed by atoms with Crippen molar-refractivity contribution >= 4 is 28.9 Å². The molecule has 1 saturated carbocycles. The van der Waals surface area contributed by atoms with Crippen LogP contribution in [-0.2, 0) is 16.1 Å². The summed E-state index contributed by atoms with van der Waals surface area (Å²) >= 11 is 0. The second kappa shape index (κ2) is 7.24. The van der Waals surface area contributed by atoms with Gasteiger partial charge in [-0.05, 0) is 49.1 Å². The largest absolute Gasteiger partial charge is 0.454 e. The number of nitrogens with one attached hydrogen (secondary N) is 1. The highest BCUT2D eigenvalue weighted by molar-refractivity contribution is 6.16. The van der Waals surface area contributed by atoms with Crippen molar-refractivity contribution in [3.63, 3.8) is 0 Å². The number of nitrogens with zero attached hydrogens (tertiary/aromatic N) is 2. The predicted octanol–water partition coefficient (Wildman–Crippen LogP) is 2.95. The summed E-state index contributed by atoms with van der Waals surface area (Å²) in [6.07, 6.45) is 2.59. The highest BCUT2D eigenvalue weighted by atomic mass is 16.7. The van der Waals surface area contributed by atoms with Gasteiger partial charge in [0.05, 0.1) is 17.3 Å². The van der Waals surface area contributed by atoms with E-state index in [0.29, 0.717) is 23.7 Å². The first-order valence-corrected chi connectivity index (χ1v) is 9.82. The zero-order valence-corrected chi connectivity index (χ0v) is 15.9. The maximum atomic E-state index is 13.2. The summed E-state index contributed by atoms with van der Waals surface area (Å²) in [6, 6.07) is 13.1. The zero-order valence-electron chi connectivity index (χ0n) is 15.9. The fourth-order valence-electron chi connectivity index (χ4n) is 4.09. The third kappa shape index (κ3) is 3.33. The summed E-state index contributed by atoms with van der Waals surface area (Å²) in [6.45, 7) is 0.539. The SMILES string of the molecule is O=C(CN1C(=O)[C@H]2CCCC2=Nc2ccccc21)NCc1ccc2c(c1)OCO2. The molecule has 1 fully saturated rings. The normalized spacial score (nSPS) is 19.3. The number of carbonyl (C=O) groups is 2. The molecule has 0 saturated heterocycles. The van der Waals surface area contributed by atoms with E-state index in [9.17, 15) is 9.59 Å². The number of rotatable bonds is 4.